The fourth-order valence-electron chi connectivity index (χ4n) is 4.32. The number of benzene rings is 3. The lowest BCUT2D eigenvalue weighted by atomic mass is 10.1. The molecule has 0 saturated carbocycles. The van der Waals surface area contributed by atoms with Crippen molar-refractivity contribution in [3.8, 4) is 11.5 Å². The summed E-state index contributed by atoms with van der Waals surface area (Å²) in [6, 6.07) is 23.2. The summed E-state index contributed by atoms with van der Waals surface area (Å²) in [6.45, 7) is 0.860. The molecule has 5 rings (SSSR count). The summed E-state index contributed by atoms with van der Waals surface area (Å²) in [7, 11) is 3.19. The van der Waals surface area contributed by atoms with E-state index in [1.165, 1.54) is 0 Å². The number of anilines is 1. The van der Waals surface area contributed by atoms with Crippen LogP contribution < -0.4 is 20.5 Å². The standard InChI is InChI=1S/C28H27N5O3/c1-35-22-13-12-19(16-23(22)36-2)17-33-26(29)24(28(34)30-15-14-18-8-4-3-5-9-18)25-27(33)32-21-11-7-6-10-20(21)31-25/h3-13,16H,14-15,17,29H2,1-2H3,(H,30,34). The normalized spacial score (nSPS) is 11.1. The topological polar surface area (TPSA) is 104 Å². The first-order valence-electron chi connectivity index (χ1n) is 11.7. The van der Waals surface area contributed by atoms with E-state index in [-0.39, 0.29) is 5.91 Å². The van der Waals surface area contributed by atoms with Crippen molar-refractivity contribution >= 4 is 33.9 Å². The first-order chi connectivity index (χ1) is 17.6. The summed E-state index contributed by atoms with van der Waals surface area (Å²) in [6.07, 6.45) is 0.714. The van der Waals surface area contributed by atoms with E-state index < -0.39 is 0 Å². The number of hydrogen-bond acceptors (Lipinski definition) is 6. The van der Waals surface area contributed by atoms with Crippen LogP contribution in [0.4, 0.5) is 5.82 Å². The van der Waals surface area contributed by atoms with Crippen LogP contribution in [0.25, 0.3) is 22.2 Å². The molecule has 0 spiro atoms. The second-order valence-corrected chi connectivity index (χ2v) is 8.41. The Morgan fingerprint density at radius 1 is 0.889 bits per heavy atom. The van der Waals surface area contributed by atoms with Gasteiger partial charge in [0, 0.05) is 6.54 Å². The number of para-hydroxylation sites is 2. The SMILES string of the molecule is COc1ccc(Cn2c(N)c(C(=O)NCCc3ccccc3)c3nc4ccccc4nc32)cc1OC. The van der Waals surface area contributed by atoms with E-state index in [4.69, 9.17) is 25.2 Å². The molecule has 0 fully saturated rings. The minimum atomic E-state index is -0.274. The zero-order valence-electron chi connectivity index (χ0n) is 20.2. The predicted molar refractivity (Wildman–Crippen MR) is 141 cm³/mol. The zero-order chi connectivity index (χ0) is 25.1. The Balaban J connectivity index is 1.54. The number of fused-ring (bicyclic) bond motifs is 2. The number of methoxy groups -OCH3 is 2. The molecule has 5 aromatic rings. The van der Waals surface area contributed by atoms with Crippen LogP contribution in [-0.4, -0.2) is 41.2 Å². The van der Waals surface area contributed by atoms with Crippen LogP contribution in [0.5, 0.6) is 11.5 Å². The average molecular weight is 482 g/mol. The number of rotatable bonds is 8. The number of nitrogens with one attached hydrogen (secondary N) is 1. The Labute approximate surface area is 208 Å². The summed E-state index contributed by atoms with van der Waals surface area (Å²) in [5, 5.41) is 3.00. The van der Waals surface area contributed by atoms with E-state index in [9.17, 15) is 4.79 Å². The van der Waals surface area contributed by atoms with Gasteiger partial charge >= 0.3 is 0 Å². The van der Waals surface area contributed by atoms with Crippen LogP contribution in [-0.2, 0) is 13.0 Å². The van der Waals surface area contributed by atoms with Gasteiger partial charge in [0.05, 0.1) is 31.8 Å². The van der Waals surface area contributed by atoms with Crippen LogP contribution in [0, 0.1) is 0 Å². The van der Waals surface area contributed by atoms with Crippen LogP contribution in [0.3, 0.4) is 0 Å². The van der Waals surface area contributed by atoms with Gasteiger partial charge in [-0.05, 0) is 41.8 Å². The molecule has 2 heterocycles. The Hall–Kier alpha value is -4.59. The molecule has 3 N–H and O–H groups in total. The Morgan fingerprint density at radius 2 is 1.58 bits per heavy atom. The van der Waals surface area contributed by atoms with Crippen LogP contribution in [0.2, 0.25) is 0 Å². The third-order valence-electron chi connectivity index (χ3n) is 6.15. The fraction of sp³-hybridized carbons (Fsp3) is 0.179. The van der Waals surface area contributed by atoms with Gasteiger partial charge in [0.2, 0.25) is 0 Å². The molecule has 0 unspecified atom stereocenters. The first-order valence-corrected chi connectivity index (χ1v) is 11.7. The lowest BCUT2D eigenvalue weighted by Crippen LogP contribution is -2.26. The van der Waals surface area contributed by atoms with Gasteiger partial charge in [-0.2, -0.15) is 0 Å². The molecule has 182 valence electrons. The third kappa shape index (κ3) is 4.40. The Morgan fingerprint density at radius 3 is 2.31 bits per heavy atom. The largest absolute Gasteiger partial charge is 0.493 e. The maximum absolute atomic E-state index is 13.3. The molecule has 0 aliphatic heterocycles. The van der Waals surface area contributed by atoms with Crippen LogP contribution in [0.1, 0.15) is 21.5 Å². The molecular weight excluding hydrogens is 454 g/mol. The molecular formula is C28H27N5O3. The second kappa shape index (κ2) is 9.95. The number of carbonyl (C=O) groups excluding carboxylic acids is 1. The Kier molecular flexibility index (Phi) is 6.40. The van der Waals surface area contributed by atoms with Gasteiger partial charge in [0.15, 0.2) is 17.1 Å². The molecule has 1 amide bonds. The van der Waals surface area contributed by atoms with Gasteiger partial charge in [-0.3, -0.25) is 4.79 Å². The van der Waals surface area contributed by atoms with Crippen molar-refractivity contribution in [1.82, 2.24) is 19.9 Å². The van der Waals surface area contributed by atoms with Crippen molar-refractivity contribution < 1.29 is 14.3 Å². The average Bonchev–Trinajstić information content (AvgIpc) is 3.17. The highest BCUT2D eigenvalue weighted by Crippen LogP contribution is 2.31. The minimum absolute atomic E-state index is 0.274. The highest BCUT2D eigenvalue weighted by molar-refractivity contribution is 6.10. The maximum atomic E-state index is 13.3. The molecule has 8 heteroatoms. The molecule has 0 atom stereocenters. The van der Waals surface area contributed by atoms with Gasteiger partial charge in [-0.25, -0.2) is 9.97 Å². The fourth-order valence-corrected chi connectivity index (χ4v) is 4.32. The lowest BCUT2D eigenvalue weighted by molar-refractivity contribution is 0.0956. The molecule has 8 nitrogen and oxygen atoms in total. The monoisotopic (exact) mass is 481 g/mol. The number of aromatic nitrogens is 3. The van der Waals surface area contributed by atoms with Gasteiger partial charge in [0.25, 0.3) is 5.91 Å². The van der Waals surface area contributed by atoms with Gasteiger partial charge in [-0.15, -0.1) is 0 Å². The molecule has 3 aromatic carbocycles. The number of nitrogens with two attached hydrogens (primary N) is 1. The summed E-state index contributed by atoms with van der Waals surface area (Å²) >= 11 is 0. The number of hydrogen-bond donors (Lipinski definition) is 2. The summed E-state index contributed by atoms with van der Waals surface area (Å²) in [5.41, 5.74) is 11.5. The van der Waals surface area contributed by atoms with Crippen LogP contribution >= 0.6 is 0 Å². The molecule has 0 saturated heterocycles. The van der Waals surface area contributed by atoms with E-state index in [2.05, 4.69) is 5.32 Å². The smallest absolute Gasteiger partial charge is 0.257 e. The molecule has 0 aliphatic rings. The van der Waals surface area contributed by atoms with Crippen molar-refractivity contribution in [3.05, 3.63) is 89.5 Å². The molecule has 36 heavy (non-hydrogen) atoms. The number of nitrogen functional groups attached to an aromatic ring is 1. The molecule has 0 aliphatic carbocycles. The highest BCUT2D eigenvalue weighted by Gasteiger charge is 2.24. The van der Waals surface area contributed by atoms with Crippen molar-refractivity contribution in [2.75, 3.05) is 26.5 Å². The number of nitrogens with zero attached hydrogens (tertiary/aromatic N) is 3. The quantitative estimate of drug-likeness (QED) is 0.344. The van der Waals surface area contributed by atoms with Gasteiger partial charge in [-0.1, -0.05) is 48.5 Å². The number of ether oxygens (including phenoxy) is 2. The summed E-state index contributed by atoms with van der Waals surface area (Å²) in [4.78, 5) is 23.0. The number of carbonyl (C=O) groups is 1. The van der Waals surface area contributed by atoms with Gasteiger partial charge < -0.3 is 25.1 Å². The highest BCUT2D eigenvalue weighted by atomic mass is 16.5. The molecule has 0 bridgehead atoms. The minimum Gasteiger partial charge on any atom is -0.493 e. The summed E-state index contributed by atoms with van der Waals surface area (Å²) < 4.78 is 12.6. The van der Waals surface area contributed by atoms with E-state index in [0.717, 1.165) is 16.6 Å². The predicted octanol–water partition coefficient (Wildman–Crippen LogP) is 4.20. The number of amides is 1. The summed E-state index contributed by atoms with van der Waals surface area (Å²) in [5.74, 6) is 1.28. The van der Waals surface area contributed by atoms with E-state index in [1.807, 2.05) is 77.4 Å². The molecule has 2 aromatic heterocycles. The van der Waals surface area contributed by atoms with Crippen molar-refractivity contribution in [1.29, 1.82) is 0 Å². The zero-order valence-corrected chi connectivity index (χ0v) is 20.2. The Bertz CT molecular complexity index is 1550. The maximum Gasteiger partial charge on any atom is 0.257 e. The first kappa shape index (κ1) is 23.2. The van der Waals surface area contributed by atoms with Crippen molar-refractivity contribution in [2.24, 2.45) is 0 Å². The van der Waals surface area contributed by atoms with Crippen molar-refractivity contribution in [3.63, 3.8) is 0 Å². The van der Waals surface area contributed by atoms with E-state index in [0.29, 0.717) is 59.1 Å². The van der Waals surface area contributed by atoms with Crippen molar-refractivity contribution in [2.45, 2.75) is 13.0 Å². The second-order valence-electron chi connectivity index (χ2n) is 8.41. The lowest BCUT2D eigenvalue weighted by Gasteiger charge is -2.12. The van der Waals surface area contributed by atoms with Gasteiger partial charge in [0.1, 0.15) is 16.9 Å². The van der Waals surface area contributed by atoms with E-state index >= 15 is 0 Å². The third-order valence-corrected chi connectivity index (χ3v) is 6.15. The van der Waals surface area contributed by atoms with Crippen LogP contribution in [0.15, 0.2) is 72.8 Å². The molecule has 0 radical (unpaired) electrons. The van der Waals surface area contributed by atoms with E-state index in [1.54, 1.807) is 14.2 Å².